The van der Waals surface area contributed by atoms with Gasteiger partial charge in [0, 0.05) is 18.6 Å². The molecule has 20 heavy (non-hydrogen) atoms. The van der Waals surface area contributed by atoms with E-state index in [0.717, 1.165) is 19.3 Å². The summed E-state index contributed by atoms with van der Waals surface area (Å²) in [7, 11) is -3.59. The molecule has 0 aromatic heterocycles. The van der Waals surface area contributed by atoms with Gasteiger partial charge in [0.15, 0.2) is 0 Å². The number of hydrogen-bond donors (Lipinski definition) is 1. The van der Waals surface area contributed by atoms with E-state index in [1.807, 2.05) is 13.0 Å². The SMILES string of the molecule is C[C@@H](N)[C@@H]1CCCCN1S(=O)(=O)c1cccc(C#N)c1. The molecule has 108 valence electrons. The normalized spacial score (nSPS) is 22.1. The lowest BCUT2D eigenvalue weighted by Gasteiger charge is -2.36. The van der Waals surface area contributed by atoms with Gasteiger partial charge >= 0.3 is 0 Å². The lowest BCUT2D eigenvalue weighted by Crippen LogP contribution is -2.51. The molecule has 1 aliphatic heterocycles. The van der Waals surface area contributed by atoms with E-state index in [-0.39, 0.29) is 17.0 Å². The molecule has 1 heterocycles. The number of benzene rings is 1. The Bertz CT molecular complexity index is 620. The van der Waals surface area contributed by atoms with Gasteiger partial charge in [-0.25, -0.2) is 8.42 Å². The number of nitriles is 1. The summed E-state index contributed by atoms with van der Waals surface area (Å²) in [6.07, 6.45) is 2.63. The fourth-order valence-corrected chi connectivity index (χ4v) is 4.44. The molecule has 6 heteroatoms. The Balaban J connectivity index is 2.40. The summed E-state index contributed by atoms with van der Waals surface area (Å²) < 4.78 is 27.0. The molecule has 5 nitrogen and oxygen atoms in total. The van der Waals surface area contributed by atoms with Crippen molar-refractivity contribution >= 4 is 10.0 Å². The molecule has 0 amide bonds. The number of hydrogen-bond acceptors (Lipinski definition) is 4. The van der Waals surface area contributed by atoms with Crippen molar-refractivity contribution in [1.82, 2.24) is 4.31 Å². The van der Waals surface area contributed by atoms with Gasteiger partial charge in [0.2, 0.25) is 10.0 Å². The van der Waals surface area contributed by atoms with Crippen molar-refractivity contribution in [2.45, 2.75) is 43.2 Å². The molecular weight excluding hydrogens is 274 g/mol. The minimum Gasteiger partial charge on any atom is -0.326 e. The Morgan fingerprint density at radius 1 is 1.45 bits per heavy atom. The number of sulfonamides is 1. The molecule has 2 rings (SSSR count). The van der Waals surface area contributed by atoms with E-state index < -0.39 is 10.0 Å². The van der Waals surface area contributed by atoms with Crippen molar-refractivity contribution < 1.29 is 8.42 Å². The molecule has 1 fully saturated rings. The van der Waals surface area contributed by atoms with Gasteiger partial charge in [0.1, 0.15) is 0 Å². The fourth-order valence-electron chi connectivity index (χ4n) is 2.62. The van der Waals surface area contributed by atoms with Crippen LogP contribution in [0.25, 0.3) is 0 Å². The van der Waals surface area contributed by atoms with E-state index in [0.29, 0.717) is 12.1 Å². The average molecular weight is 293 g/mol. The van der Waals surface area contributed by atoms with E-state index in [9.17, 15) is 8.42 Å². The Hall–Kier alpha value is -1.42. The maximum absolute atomic E-state index is 12.7. The first-order chi connectivity index (χ1) is 9.46. The Labute approximate surface area is 120 Å². The van der Waals surface area contributed by atoms with Gasteiger partial charge in [-0.2, -0.15) is 9.57 Å². The van der Waals surface area contributed by atoms with Gasteiger partial charge in [-0.1, -0.05) is 12.5 Å². The van der Waals surface area contributed by atoms with Crippen LogP contribution in [0.2, 0.25) is 0 Å². The van der Waals surface area contributed by atoms with Gasteiger partial charge in [-0.15, -0.1) is 0 Å². The van der Waals surface area contributed by atoms with Crippen molar-refractivity contribution in [3.63, 3.8) is 0 Å². The third-order valence-corrected chi connectivity index (χ3v) is 5.60. The highest BCUT2D eigenvalue weighted by atomic mass is 32.2. The standard InChI is InChI=1S/C14H19N3O2S/c1-11(16)14-7-2-3-8-17(14)20(18,19)13-6-4-5-12(9-13)10-15/h4-6,9,11,14H,2-3,7-8,16H2,1H3/t11-,14+/m1/s1. The van der Waals surface area contributed by atoms with Crippen LogP contribution < -0.4 is 5.73 Å². The summed E-state index contributed by atoms with van der Waals surface area (Å²) in [5, 5.41) is 8.90. The second kappa shape index (κ2) is 5.92. The van der Waals surface area contributed by atoms with Crippen molar-refractivity contribution in [2.75, 3.05) is 6.54 Å². The van der Waals surface area contributed by atoms with E-state index in [1.54, 1.807) is 12.1 Å². The molecular formula is C14H19N3O2S. The third-order valence-electron chi connectivity index (χ3n) is 3.67. The smallest absolute Gasteiger partial charge is 0.243 e. The first-order valence-electron chi connectivity index (χ1n) is 6.74. The number of nitrogens with zero attached hydrogens (tertiary/aromatic N) is 2. The highest BCUT2D eigenvalue weighted by molar-refractivity contribution is 7.89. The number of nitrogens with two attached hydrogens (primary N) is 1. The zero-order valence-corrected chi connectivity index (χ0v) is 12.3. The van der Waals surface area contributed by atoms with Gasteiger partial charge in [0.05, 0.1) is 16.5 Å². The number of rotatable bonds is 3. The maximum atomic E-state index is 12.7. The van der Waals surface area contributed by atoms with Crippen LogP contribution in [-0.2, 0) is 10.0 Å². The Morgan fingerprint density at radius 2 is 2.20 bits per heavy atom. The second-order valence-electron chi connectivity index (χ2n) is 5.18. The fraction of sp³-hybridized carbons (Fsp3) is 0.500. The predicted octanol–water partition coefficient (Wildman–Crippen LogP) is 1.45. The molecule has 0 unspecified atom stereocenters. The van der Waals surface area contributed by atoms with Crippen molar-refractivity contribution in [3.05, 3.63) is 29.8 Å². The quantitative estimate of drug-likeness (QED) is 0.913. The van der Waals surface area contributed by atoms with Crippen LogP contribution in [0.3, 0.4) is 0 Å². The van der Waals surface area contributed by atoms with Crippen LogP contribution in [-0.4, -0.2) is 31.4 Å². The lowest BCUT2D eigenvalue weighted by atomic mass is 10.00. The largest absolute Gasteiger partial charge is 0.326 e. The van der Waals surface area contributed by atoms with E-state index in [4.69, 9.17) is 11.0 Å². The van der Waals surface area contributed by atoms with Crippen molar-refractivity contribution in [3.8, 4) is 6.07 Å². The third kappa shape index (κ3) is 2.85. The molecule has 2 N–H and O–H groups in total. The van der Waals surface area contributed by atoms with E-state index in [2.05, 4.69) is 0 Å². The second-order valence-corrected chi connectivity index (χ2v) is 7.07. The van der Waals surface area contributed by atoms with Crippen LogP contribution in [0.15, 0.2) is 29.2 Å². The van der Waals surface area contributed by atoms with E-state index >= 15 is 0 Å². The van der Waals surface area contributed by atoms with Gasteiger partial charge in [-0.3, -0.25) is 0 Å². The first-order valence-corrected chi connectivity index (χ1v) is 8.18. The molecule has 1 aromatic carbocycles. The molecule has 0 aliphatic carbocycles. The minimum absolute atomic E-state index is 0.167. The summed E-state index contributed by atoms with van der Waals surface area (Å²) in [6, 6.07) is 7.74. The molecule has 0 spiro atoms. The summed E-state index contributed by atoms with van der Waals surface area (Å²) in [4.78, 5) is 0.170. The van der Waals surface area contributed by atoms with Crippen LogP contribution in [0.1, 0.15) is 31.7 Å². The lowest BCUT2D eigenvalue weighted by molar-refractivity contribution is 0.227. The maximum Gasteiger partial charge on any atom is 0.243 e. The van der Waals surface area contributed by atoms with Crippen LogP contribution in [0.5, 0.6) is 0 Å². The van der Waals surface area contributed by atoms with Crippen LogP contribution in [0, 0.1) is 11.3 Å². The van der Waals surface area contributed by atoms with Gasteiger partial charge in [0.25, 0.3) is 0 Å². The summed E-state index contributed by atoms with van der Waals surface area (Å²) in [6.45, 7) is 2.33. The predicted molar refractivity (Wildman–Crippen MR) is 76.3 cm³/mol. The molecule has 1 saturated heterocycles. The first kappa shape index (κ1) is 15.0. The highest BCUT2D eigenvalue weighted by Crippen LogP contribution is 2.26. The van der Waals surface area contributed by atoms with Crippen molar-refractivity contribution in [1.29, 1.82) is 5.26 Å². The molecule has 0 radical (unpaired) electrons. The number of piperidine rings is 1. The molecule has 0 bridgehead atoms. The van der Waals surface area contributed by atoms with Gasteiger partial charge < -0.3 is 5.73 Å². The summed E-state index contributed by atoms with van der Waals surface area (Å²) in [5.74, 6) is 0. The minimum atomic E-state index is -3.59. The highest BCUT2D eigenvalue weighted by Gasteiger charge is 2.35. The van der Waals surface area contributed by atoms with Crippen molar-refractivity contribution in [2.24, 2.45) is 5.73 Å². The average Bonchev–Trinajstić information content (AvgIpc) is 2.47. The molecule has 2 atom stereocenters. The summed E-state index contributed by atoms with van der Waals surface area (Å²) >= 11 is 0. The van der Waals surface area contributed by atoms with Crippen LogP contribution >= 0.6 is 0 Å². The van der Waals surface area contributed by atoms with Crippen LogP contribution in [0.4, 0.5) is 0 Å². The topological polar surface area (TPSA) is 87.2 Å². The Kier molecular flexibility index (Phi) is 4.43. The zero-order chi connectivity index (χ0) is 14.8. The monoisotopic (exact) mass is 293 g/mol. The zero-order valence-electron chi connectivity index (χ0n) is 11.5. The van der Waals surface area contributed by atoms with E-state index in [1.165, 1.54) is 16.4 Å². The summed E-state index contributed by atoms with van der Waals surface area (Å²) in [5.41, 5.74) is 6.28. The molecule has 1 aromatic rings. The molecule has 0 saturated carbocycles. The Morgan fingerprint density at radius 3 is 2.85 bits per heavy atom. The molecule has 1 aliphatic rings. The van der Waals surface area contributed by atoms with Gasteiger partial charge in [-0.05, 0) is 38.0 Å².